The number of rotatable bonds is 11. The molecular formula is C36H33F4N5O6. The Kier molecular flexibility index (Phi) is 10.4. The molecule has 266 valence electrons. The van der Waals surface area contributed by atoms with Crippen LogP contribution in [0.1, 0.15) is 36.8 Å². The summed E-state index contributed by atoms with van der Waals surface area (Å²) < 4.78 is 74.0. The zero-order valence-corrected chi connectivity index (χ0v) is 27.4. The predicted molar refractivity (Wildman–Crippen MR) is 182 cm³/mol. The Morgan fingerprint density at radius 1 is 0.980 bits per heavy atom. The molecule has 3 heterocycles. The van der Waals surface area contributed by atoms with Gasteiger partial charge in [0.2, 0.25) is 5.88 Å². The minimum absolute atomic E-state index is 0.0320. The number of H-pyrrole nitrogens is 1. The second-order valence-corrected chi connectivity index (χ2v) is 11.8. The van der Waals surface area contributed by atoms with Gasteiger partial charge in [0.1, 0.15) is 11.3 Å². The van der Waals surface area contributed by atoms with Crippen LogP contribution >= 0.6 is 0 Å². The van der Waals surface area contributed by atoms with Gasteiger partial charge in [0, 0.05) is 36.5 Å². The Balaban J connectivity index is 1.20. The summed E-state index contributed by atoms with van der Waals surface area (Å²) in [5.41, 5.74) is -4.47. The van der Waals surface area contributed by atoms with E-state index in [4.69, 9.17) is 14.2 Å². The van der Waals surface area contributed by atoms with Crippen molar-refractivity contribution in [2.45, 2.75) is 31.9 Å². The van der Waals surface area contributed by atoms with Crippen LogP contribution in [0.4, 0.5) is 23.2 Å². The first-order valence-electron chi connectivity index (χ1n) is 16.1. The summed E-state index contributed by atoms with van der Waals surface area (Å²) in [4.78, 5) is 37.7. The summed E-state index contributed by atoms with van der Waals surface area (Å²) in [6, 6.07) is 12.7. The quantitative estimate of drug-likeness (QED) is 0.0877. The van der Waals surface area contributed by atoms with E-state index in [0.29, 0.717) is 33.6 Å². The number of aromatic hydroxyl groups is 1. The van der Waals surface area contributed by atoms with Crippen molar-refractivity contribution in [3.8, 4) is 34.6 Å². The maximum Gasteiger partial charge on any atom is 0.418 e. The lowest BCUT2D eigenvalue weighted by Gasteiger charge is -2.26. The number of para-hydroxylation sites is 1. The van der Waals surface area contributed by atoms with E-state index in [2.05, 4.69) is 14.9 Å². The maximum atomic E-state index is 15.3. The molecule has 2 N–H and O–H groups in total. The molecule has 2 aromatic heterocycles. The molecule has 0 saturated carbocycles. The number of aliphatic imine (C=N–C) groups is 1. The van der Waals surface area contributed by atoms with Gasteiger partial charge in [-0.15, -0.1) is 0 Å². The fourth-order valence-electron chi connectivity index (χ4n) is 5.84. The number of methoxy groups -OCH3 is 1. The number of aromatic nitrogens is 3. The Bertz CT molecular complexity index is 2190. The van der Waals surface area contributed by atoms with Crippen LogP contribution in [0.5, 0.6) is 28.9 Å². The van der Waals surface area contributed by atoms with Gasteiger partial charge in [0.25, 0.3) is 5.56 Å². The second-order valence-electron chi connectivity index (χ2n) is 11.8. The van der Waals surface area contributed by atoms with Gasteiger partial charge < -0.3 is 24.2 Å². The smallest absolute Gasteiger partial charge is 0.418 e. The number of nitrogens with zero attached hydrogens (tertiary/aromatic N) is 4. The predicted octanol–water partition coefficient (Wildman–Crippen LogP) is 6.74. The number of ether oxygens (including phenoxy) is 3. The Morgan fingerprint density at radius 3 is 2.51 bits per heavy atom. The molecule has 1 saturated heterocycles. The van der Waals surface area contributed by atoms with Gasteiger partial charge in [-0.3, -0.25) is 19.8 Å². The van der Waals surface area contributed by atoms with Crippen molar-refractivity contribution >= 4 is 22.8 Å². The summed E-state index contributed by atoms with van der Waals surface area (Å²) >= 11 is 0. The van der Waals surface area contributed by atoms with Crippen LogP contribution in [0.3, 0.4) is 0 Å². The highest BCUT2D eigenvalue weighted by atomic mass is 19.4. The molecular weight excluding hydrogens is 674 g/mol. The molecule has 11 nitrogen and oxygen atoms in total. The standard InChI is InChI=1S/C36H33F4N5O6/c1-49-31-19-23-27(20-32(31)50-17-7-16-44-14-5-2-6-15-44)41-13-12-29(23)51-30-11-10-22(18-26(30)37)42-21-24-33(46)43-35(48)45(34(24)47)28-9-4-3-8-25(28)36(38,39)40/h3-4,8-13,18-21,47H,2,5-7,14-17H2,1H3,(H,43,46,48). The maximum absolute atomic E-state index is 15.3. The van der Waals surface area contributed by atoms with E-state index >= 15 is 4.39 Å². The number of alkyl halides is 3. The van der Waals surface area contributed by atoms with Crippen molar-refractivity contribution in [3.05, 3.63) is 105 Å². The van der Waals surface area contributed by atoms with Crippen molar-refractivity contribution in [1.82, 2.24) is 19.4 Å². The number of halogens is 4. The summed E-state index contributed by atoms with van der Waals surface area (Å²) in [6.45, 7) is 3.67. The minimum atomic E-state index is -4.87. The van der Waals surface area contributed by atoms with Crippen LogP contribution in [0.25, 0.3) is 16.6 Å². The average Bonchev–Trinajstić information content (AvgIpc) is 3.11. The SMILES string of the molecule is COc1cc2c(Oc3ccc(N=Cc4c(O)n(-c5ccccc5C(F)(F)F)c(=O)[nH]c4=O)cc3F)ccnc2cc1OCCCN1CCCCC1. The largest absolute Gasteiger partial charge is 0.493 e. The van der Waals surface area contributed by atoms with Gasteiger partial charge in [-0.05, 0) is 68.8 Å². The third-order valence-electron chi connectivity index (χ3n) is 8.36. The Labute approximate surface area is 288 Å². The number of pyridine rings is 1. The molecule has 0 aliphatic carbocycles. The van der Waals surface area contributed by atoms with Crippen molar-refractivity contribution in [2.24, 2.45) is 4.99 Å². The highest BCUT2D eigenvalue weighted by Gasteiger charge is 2.35. The Hall–Kier alpha value is -5.70. The topological polar surface area (TPSA) is 131 Å². The van der Waals surface area contributed by atoms with E-state index < -0.39 is 45.9 Å². The van der Waals surface area contributed by atoms with Gasteiger partial charge >= 0.3 is 11.9 Å². The third-order valence-corrected chi connectivity index (χ3v) is 8.36. The van der Waals surface area contributed by atoms with Crippen molar-refractivity contribution in [3.63, 3.8) is 0 Å². The highest BCUT2D eigenvalue weighted by Crippen LogP contribution is 2.38. The van der Waals surface area contributed by atoms with Gasteiger partial charge in [0.15, 0.2) is 23.1 Å². The van der Waals surface area contributed by atoms with Crippen LogP contribution in [0, 0.1) is 5.82 Å². The summed E-state index contributed by atoms with van der Waals surface area (Å²) in [7, 11) is 1.52. The molecule has 51 heavy (non-hydrogen) atoms. The number of likely N-dealkylation sites (tertiary alicyclic amines) is 1. The number of benzene rings is 3. The second kappa shape index (κ2) is 15.0. The molecule has 0 atom stereocenters. The normalized spacial score (nSPS) is 13.9. The monoisotopic (exact) mass is 707 g/mol. The molecule has 0 unspecified atom stereocenters. The molecule has 15 heteroatoms. The van der Waals surface area contributed by atoms with Crippen LogP contribution in [0.2, 0.25) is 0 Å². The van der Waals surface area contributed by atoms with Crippen LogP contribution in [-0.2, 0) is 6.18 Å². The number of hydrogen-bond donors (Lipinski definition) is 2. The number of hydrogen-bond acceptors (Lipinski definition) is 9. The molecule has 0 amide bonds. The van der Waals surface area contributed by atoms with E-state index in [1.54, 1.807) is 18.2 Å². The summed E-state index contributed by atoms with van der Waals surface area (Å²) in [5, 5.41) is 11.3. The molecule has 3 aromatic carbocycles. The molecule has 0 bridgehead atoms. The van der Waals surface area contributed by atoms with Crippen LogP contribution in [0.15, 0.2) is 81.4 Å². The molecule has 1 fully saturated rings. The van der Waals surface area contributed by atoms with E-state index in [1.807, 2.05) is 4.98 Å². The number of fused-ring (bicyclic) bond motifs is 1. The summed E-state index contributed by atoms with van der Waals surface area (Å²) in [6.07, 6.45) is 2.03. The van der Waals surface area contributed by atoms with Crippen molar-refractivity contribution in [1.29, 1.82) is 0 Å². The fourth-order valence-corrected chi connectivity index (χ4v) is 5.84. The van der Waals surface area contributed by atoms with Gasteiger partial charge in [-0.25, -0.2) is 13.8 Å². The lowest BCUT2D eigenvalue weighted by Crippen LogP contribution is -2.32. The summed E-state index contributed by atoms with van der Waals surface area (Å²) in [5.74, 6) is -0.839. The van der Waals surface area contributed by atoms with E-state index in [1.165, 1.54) is 50.8 Å². The molecule has 0 radical (unpaired) electrons. The molecule has 0 spiro atoms. The molecule has 1 aliphatic heterocycles. The molecule has 6 rings (SSSR count). The van der Waals surface area contributed by atoms with Crippen LogP contribution in [-0.4, -0.2) is 64.1 Å². The van der Waals surface area contributed by atoms with E-state index in [0.717, 1.165) is 56.5 Å². The van der Waals surface area contributed by atoms with Gasteiger partial charge in [0.05, 0.1) is 36.2 Å². The zero-order chi connectivity index (χ0) is 36.1. The first-order chi connectivity index (χ1) is 24.5. The first-order valence-corrected chi connectivity index (χ1v) is 16.1. The van der Waals surface area contributed by atoms with Crippen molar-refractivity contribution in [2.75, 3.05) is 33.4 Å². The average molecular weight is 708 g/mol. The Morgan fingerprint density at radius 2 is 1.76 bits per heavy atom. The lowest BCUT2D eigenvalue weighted by molar-refractivity contribution is -0.137. The van der Waals surface area contributed by atoms with E-state index in [9.17, 15) is 27.9 Å². The number of piperidine rings is 1. The zero-order valence-electron chi connectivity index (χ0n) is 27.4. The molecule has 5 aromatic rings. The van der Waals surface area contributed by atoms with Gasteiger partial charge in [-0.2, -0.15) is 13.2 Å². The minimum Gasteiger partial charge on any atom is -0.493 e. The first kappa shape index (κ1) is 35.1. The third kappa shape index (κ3) is 7.88. The highest BCUT2D eigenvalue weighted by molar-refractivity contribution is 5.88. The number of aromatic amines is 1. The van der Waals surface area contributed by atoms with Gasteiger partial charge in [-0.1, -0.05) is 18.6 Å². The lowest BCUT2D eigenvalue weighted by atomic mass is 10.1. The van der Waals surface area contributed by atoms with E-state index in [-0.39, 0.29) is 17.2 Å². The van der Waals surface area contributed by atoms with Crippen LogP contribution < -0.4 is 25.5 Å². The van der Waals surface area contributed by atoms with Crippen molar-refractivity contribution < 1.29 is 36.9 Å². The number of nitrogens with one attached hydrogen (secondary N) is 1. The fraction of sp³-hybridized carbons (Fsp3) is 0.278. The molecule has 1 aliphatic rings.